The summed E-state index contributed by atoms with van der Waals surface area (Å²) in [5.41, 5.74) is 6.11. The van der Waals surface area contributed by atoms with E-state index in [1.165, 1.54) is 0 Å². The predicted molar refractivity (Wildman–Crippen MR) is 102 cm³/mol. The minimum atomic E-state index is 0.0340. The second-order valence-electron chi connectivity index (χ2n) is 6.13. The average Bonchev–Trinajstić information content (AvgIpc) is 2.64. The van der Waals surface area contributed by atoms with Crippen LogP contribution in [-0.4, -0.2) is 10.9 Å². The van der Waals surface area contributed by atoms with Crippen molar-refractivity contribution in [2.45, 2.75) is 13.5 Å². The Morgan fingerprint density at radius 3 is 2.48 bits per heavy atom. The van der Waals surface area contributed by atoms with Gasteiger partial charge in [0.2, 0.25) is 5.91 Å². The number of hydrogen-bond acceptors (Lipinski definition) is 2. The molecule has 2 heterocycles. The van der Waals surface area contributed by atoms with Gasteiger partial charge >= 0.3 is 0 Å². The van der Waals surface area contributed by atoms with Crippen molar-refractivity contribution in [3.63, 3.8) is 0 Å². The van der Waals surface area contributed by atoms with Crippen LogP contribution in [0.3, 0.4) is 0 Å². The lowest BCUT2D eigenvalue weighted by molar-refractivity contribution is -0.116. The summed E-state index contributed by atoms with van der Waals surface area (Å²) < 4.78 is 0. The van der Waals surface area contributed by atoms with E-state index in [-0.39, 0.29) is 5.91 Å². The van der Waals surface area contributed by atoms with E-state index in [0.717, 1.165) is 33.6 Å². The maximum Gasteiger partial charge on any atom is 0.224 e. The molecule has 0 N–H and O–H groups in total. The Labute approximate surface area is 147 Å². The van der Waals surface area contributed by atoms with Gasteiger partial charge < -0.3 is 4.90 Å². The highest BCUT2D eigenvalue weighted by Crippen LogP contribution is 2.30. The number of carbonyl (C=O) groups is 1. The monoisotopic (exact) mass is 326 g/mol. The molecule has 0 spiro atoms. The number of anilines is 1. The molecule has 1 aliphatic rings. The summed E-state index contributed by atoms with van der Waals surface area (Å²) >= 11 is 0. The maximum atomic E-state index is 12.3. The molecule has 1 aromatic heterocycles. The molecule has 0 fully saturated rings. The van der Waals surface area contributed by atoms with Crippen molar-refractivity contribution >= 4 is 23.7 Å². The molecule has 3 aromatic rings. The molecule has 1 aliphatic heterocycles. The van der Waals surface area contributed by atoms with E-state index in [9.17, 15) is 4.79 Å². The molecule has 0 saturated carbocycles. The SMILES string of the molecule is CC(=O)N1Cc2cc(-c3ccccc3)ncc2C=Cc2ccccc21. The van der Waals surface area contributed by atoms with Gasteiger partial charge in [-0.25, -0.2) is 0 Å². The van der Waals surface area contributed by atoms with E-state index < -0.39 is 0 Å². The molecule has 0 saturated heterocycles. The van der Waals surface area contributed by atoms with E-state index in [4.69, 9.17) is 0 Å². The van der Waals surface area contributed by atoms with E-state index >= 15 is 0 Å². The van der Waals surface area contributed by atoms with E-state index in [1.54, 1.807) is 6.92 Å². The number of aromatic nitrogens is 1. The molecule has 4 rings (SSSR count). The summed E-state index contributed by atoms with van der Waals surface area (Å²) in [7, 11) is 0. The highest BCUT2D eigenvalue weighted by atomic mass is 16.2. The third-order valence-corrected chi connectivity index (χ3v) is 4.47. The average molecular weight is 326 g/mol. The molecular weight excluding hydrogens is 308 g/mol. The molecule has 1 amide bonds. The first-order chi connectivity index (χ1) is 12.2. The fourth-order valence-corrected chi connectivity index (χ4v) is 3.15. The van der Waals surface area contributed by atoms with Gasteiger partial charge in [-0.3, -0.25) is 9.78 Å². The van der Waals surface area contributed by atoms with Gasteiger partial charge in [-0.2, -0.15) is 0 Å². The van der Waals surface area contributed by atoms with Crippen molar-refractivity contribution < 1.29 is 4.79 Å². The zero-order valence-corrected chi connectivity index (χ0v) is 14.0. The minimum absolute atomic E-state index is 0.0340. The number of fused-ring (bicyclic) bond motifs is 2. The third kappa shape index (κ3) is 2.96. The summed E-state index contributed by atoms with van der Waals surface area (Å²) in [5.74, 6) is 0.0340. The lowest BCUT2D eigenvalue weighted by Crippen LogP contribution is -2.29. The Balaban J connectivity index is 1.84. The maximum absolute atomic E-state index is 12.3. The highest BCUT2D eigenvalue weighted by molar-refractivity contribution is 5.95. The first-order valence-electron chi connectivity index (χ1n) is 8.32. The Hall–Kier alpha value is -3.20. The Bertz CT molecular complexity index is 961. The normalized spacial score (nSPS) is 12.8. The molecule has 122 valence electrons. The van der Waals surface area contributed by atoms with Crippen molar-refractivity contribution in [2.75, 3.05) is 4.90 Å². The number of hydrogen-bond donors (Lipinski definition) is 0. The van der Waals surface area contributed by atoms with E-state index in [2.05, 4.69) is 17.1 Å². The number of amides is 1. The van der Waals surface area contributed by atoms with Crippen LogP contribution in [0.5, 0.6) is 0 Å². The van der Waals surface area contributed by atoms with E-state index in [0.29, 0.717) is 6.54 Å². The van der Waals surface area contributed by atoms with Crippen LogP contribution in [0.25, 0.3) is 23.4 Å². The standard InChI is InChI=1S/C22H18N2O/c1-16(25)24-15-20-13-21(17-7-3-2-4-8-17)23-14-19(20)12-11-18-9-5-6-10-22(18)24/h2-14H,15H2,1H3. The Kier molecular flexibility index (Phi) is 3.90. The van der Waals surface area contributed by atoms with Crippen molar-refractivity contribution in [3.8, 4) is 11.3 Å². The fraction of sp³-hybridized carbons (Fsp3) is 0.0909. The number of benzene rings is 2. The van der Waals surface area contributed by atoms with Crippen LogP contribution < -0.4 is 4.90 Å². The molecule has 3 heteroatoms. The Morgan fingerprint density at radius 1 is 0.960 bits per heavy atom. The molecule has 0 radical (unpaired) electrons. The third-order valence-electron chi connectivity index (χ3n) is 4.47. The lowest BCUT2D eigenvalue weighted by Gasteiger charge is -2.26. The molecule has 2 aromatic carbocycles. The van der Waals surface area contributed by atoms with Gasteiger partial charge in [-0.15, -0.1) is 0 Å². The number of carbonyl (C=O) groups excluding carboxylic acids is 1. The fourth-order valence-electron chi connectivity index (χ4n) is 3.15. The number of pyridine rings is 1. The van der Waals surface area contributed by atoms with Crippen LogP contribution in [0, 0.1) is 0 Å². The summed E-state index contributed by atoms with van der Waals surface area (Å²) in [6.45, 7) is 2.15. The van der Waals surface area contributed by atoms with Crippen LogP contribution in [-0.2, 0) is 11.3 Å². The highest BCUT2D eigenvalue weighted by Gasteiger charge is 2.18. The van der Waals surface area contributed by atoms with Crippen molar-refractivity contribution in [1.29, 1.82) is 0 Å². The summed E-state index contributed by atoms with van der Waals surface area (Å²) in [4.78, 5) is 18.7. The van der Waals surface area contributed by atoms with Crippen molar-refractivity contribution in [3.05, 3.63) is 83.6 Å². The quantitative estimate of drug-likeness (QED) is 0.644. The first kappa shape index (κ1) is 15.3. The van der Waals surface area contributed by atoms with Gasteiger partial charge in [0.05, 0.1) is 17.9 Å². The van der Waals surface area contributed by atoms with Crippen LogP contribution in [0.2, 0.25) is 0 Å². The van der Waals surface area contributed by atoms with Gasteiger partial charge in [0.25, 0.3) is 0 Å². The number of rotatable bonds is 1. The second-order valence-corrected chi connectivity index (χ2v) is 6.13. The molecular formula is C22H18N2O. The number of para-hydroxylation sites is 1. The molecule has 0 bridgehead atoms. The van der Waals surface area contributed by atoms with Gasteiger partial charge in [0.15, 0.2) is 0 Å². The van der Waals surface area contributed by atoms with Gasteiger partial charge in [0.1, 0.15) is 0 Å². The zero-order valence-electron chi connectivity index (χ0n) is 14.0. The molecule has 3 nitrogen and oxygen atoms in total. The zero-order chi connectivity index (χ0) is 17.2. The van der Waals surface area contributed by atoms with Gasteiger partial charge in [0, 0.05) is 18.7 Å². The summed E-state index contributed by atoms with van der Waals surface area (Å²) in [6.07, 6.45) is 6.01. The van der Waals surface area contributed by atoms with Gasteiger partial charge in [-0.05, 0) is 28.8 Å². The molecule has 0 aliphatic carbocycles. The van der Waals surface area contributed by atoms with Crippen LogP contribution in [0.4, 0.5) is 5.69 Å². The minimum Gasteiger partial charge on any atom is -0.308 e. The van der Waals surface area contributed by atoms with Gasteiger partial charge in [-0.1, -0.05) is 60.7 Å². The molecule has 0 atom stereocenters. The first-order valence-corrected chi connectivity index (χ1v) is 8.32. The molecule has 0 unspecified atom stereocenters. The smallest absolute Gasteiger partial charge is 0.224 e. The number of nitrogens with zero attached hydrogens (tertiary/aromatic N) is 2. The second kappa shape index (κ2) is 6.36. The van der Waals surface area contributed by atoms with Crippen molar-refractivity contribution in [2.24, 2.45) is 0 Å². The predicted octanol–water partition coefficient (Wildman–Crippen LogP) is 4.79. The Morgan fingerprint density at radius 2 is 1.68 bits per heavy atom. The largest absolute Gasteiger partial charge is 0.308 e. The van der Waals surface area contributed by atoms with E-state index in [1.807, 2.05) is 71.8 Å². The van der Waals surface area contributed by atoms with Crippen LogP contribution in [0.15, 0.2) is 66.9 Å². The summed E-state index contributed by atoms with van der Waals surface area (Å²) in [6, 6.07) is 20.2. The van der Waals surface area contributed by atoms with Crippen LogP contribution in [0.1, 0.15) is 23.6 Å². The summed E-state index contributed by atoms with van der Waals surface area (Å²) in [5, 5.41) is 0. The van der Waals surface area contributed by atoms with Crippen molar-refractivity contribution in [1.82, 2.24) is 4.98 Å². The topological polar surface area (TPSA) is 33.2 Å². The molecule has 25 heavy (non-hydrogen) atoms. The van der Waals surface area contributed by atoms with Crippen LogP contribution >= 0.6 is 0 Å². The lowest BCUT2D eigenvalue weighted by atomic mass is 10.0.